The fraction of sp³-hybridized carbons (Fsp3) is 0.781. The van der Waals surface area contributed by atoms with Crippen LogP contribution in [-0.2, 0) is 121 Å². The third-order valence-corrected chi connectivity index (χ3v) is 3.55. The standard InChI is InChI=1S/C5H7N3O3S.C3H8S3.3C2H4O2.C2H5.5CH4S.11CH4.8Rb/c1-12-2-8-4(10)6-3(9)7-5(8)11;4-1-3(6)2-5;3*1-2(3)4;6*1-2;;;;;;;;;;;;;;;;;;;/h2H2,1H3,(H2,6,7,9,10,11);3-6H,1-2H2;3*1H3,(H,3,4);1H2,2H3;5*2H,1H3;11*1H4;;;;;;;;/q;;;;;-1;;;;;;;;;;;;;;;;;8*+1/p-13. The maximum Gasteiger partial charge on any atom is 1.00 e. The van der Waals surface area contributed by atoms with Crippen LogP contribution in [0.5, 0.6) is 0 Å². The molecule has 0 saturated carbocycles. The van der Waals surface area contributed by atoms with Crippen molar-refractivity contribution in [2.75, 3.05) is 49.0 Å². The Morgan fingerprint density at radius 2 is 0.656 bits per heavy atom. The van der Waals surface area contributed by atoms with Gasteiger partial charge in [-0.05, 0) is 32.9 Å². The minimum Gasteiger partial charge on any atom is -0.796 e. The van der Waals surface area contributed by atoms with E-state index in [0.29, 0.717) is 11.5 Å². The van der Waals surface area contributed by atoms with E-state index in [9.17, 15) is 14.4 Å². The first-order valence-corrected chi connectivity index (χ1v) is 17.2. The van der Waals surface area contributed by atoms with Gasteiger partial charge in [0.2, 0.25) is 0 Å². The van der Waals surface area contributed by atoms with Crippen molar-refractivity contribution in [3.63, 3.8) is 0 Å². The summed E-state index contributed by atoms with van der Waals surface area (Å²) >= 11 is 35.6. The third kappa shape index (κ3) is 279. The van der Waals surface area contributed by atoms with Gasteiger partial charge in [0, 0.05) is 17.9 Å². The molecule has 1 aromatic heterocycles. The van der Waals surface area contributed by atoms with Crippen molar-refractivity contribution in [1.82, 2.24) is 14.5 Å². The van der Waals surface area contributed by atoms with Crippen LogP contribution in [0.2, 0.25) is 0 Å². The van der Waals surface area contributed by atoms with Crippen LogP contribution in [0.4, 0.5) is 0 Å². The number of carboxylic acid groups (broad SMARTS) is 3. The maximum atomic E-state index is 10.8. The molecule has 1 aromatic rings. The normalized spacial score (nSPS) is 4.79. The first kappa shape index (κ1) is 194. The molecule has 0 amide bonds. The van der Waals surface area contributed by atoms with E-state index in [4.69, 9.17) is 42.3 Å². The van der Waals surface area contributed by atoms with Gasteiger partial charge in [-0.2, -0.15) is 61.5 Å². The molecule has 0 aromatic carbocycles. The number of carboxylic acids is 3. The molecule has 12 nitrogen and oxygen atoms in total. The molecule has 0 aliphatic heterocycles. The molecule has 0 unspecified atom stereocenters. The molecular weight excluding hydrogens is 1540 g/mol. The number of nitrogens with zero attached hydrogens (tertiary/aromatic N) is 3. The van der Waals surface area contributed by atoms with Crippen molar-refractivity contribution in [2.45, 2.75) is 121 Å². The Bertz CT molecular complexity index is 761. The van der Waals surface area contributed by atoms with E-state index in [-0.39, 0.29) is 558 Å². The van der Waals surface area contributed by atoms with Gasteiger partial charge in [-0.15, -0.1) is 0 Å². The van der Waals surface area contributed by atoms with E-state index >= 15 is 0 Å². The molecule has 0 fully saturated rings. The molecule has 0 N–H and O–H groups in total. The Morgan fingerprint density at radius 3 is 0.738 bits per heavy atom. The largest absolute Gasteiger partial charge is 1.00 e. The summed E-state index contributed by atoms with van der Waals surface area (Å²) in [5.41, 5.74) is -2.70. The number of aliphatic carboxylic acids is 3. The smallest absolute Gasteiger partial charge is 0.796 e. The Balaban J connectivity index is -0.00000000706. The van der Waals surface area contributed by atoms with Gasteiger partial charge in [0.15, 0.2) is 0 Å². The van der Waals surface area contributed by atoms with Crippen molar-refractivity contribution >= 4 is 131 Å². The van der Waals surface area contributed by atoms with Gasteiger partial charge in [0.05, 0.1) is 0 Å². The van der Waals surface area contributed by atoms with E-state index in [1.165, 1.54) is 11.8 Å². The Labute approximate surface area is 822 Å². The van der Waals surface area contributed by atoms with Gasteiger partial charge in [0.25, 0.3) is 0 Å². The van der Waals surface area contributed by atoms with Crippen LogP contribution >= 0.6 is 11.8 Å². The molecule has 0 saturated heterocycles. The second kappa shape index (κ2) is 203. The molecule has 348 valence electrons. The molecule has 0 aliphatic rings. The van der Waals surface area contributed by atoms with Gasteiger partial charge in [-0.25, -0.2) is 5.25 Å². The Morgan fingerprint density at radius 1 is 0.525 bits per heavy atom. The number of hydrogen-bond acceptors (Lipinski definition) is 18. The van der Waals surface area contributed by atoms with Crippen molar-refractivity contribution in [3.8, 4) is 0 Å². The predicted octanol–water partition coefficient (Wildman–Crippen LogP) is -21.2. The summed E-state index contributed by atoms with van der Waals surface area (Å²) in [6, 6.07) is 0. The fourth-order valence-corrected chi connectivity index (χ4v) is 1.54. The molecule has 0 bridgehead atoms. The second-order valence-electron chi connectivity index (χ2n) is 4.35. The quantitative estimate of drug-likeness (QED) is 0.203. The van der Waals surface area contributed by atoms with Crippen molar-refractivity contribution in [3.05, 3.63) is 38.4 Å². The minimum atomic E-state index is -1.08. The number of thioether (sulfide) groups is 1. The zero-order chi connectivity index (χ0) is 36.9. The average molecular weight is 1630 g/mol. The zero-order valence-corrected chi connectivity index (χ0v) is 79.8. The Hall–Kier alpha value is 14.4. The minimum absolute atomic E-state index is 0. The van der Waals surface area contributed by atoms with E-state index < -0.39 is 35.0 Å². The van der Waals surface area contributed by atoms with E-state index in [0.717, 1.165) is 25.3 Å². The maximum absolute atomic E-state index is 10.8. The molecule has 0 aliphatic carbocycles. The average Bonchev–Trinajstić information content (AvgIpc) is 2.96. The van der Waals surface area contributed by atoms with Crippen LogP contribution in [0.25, 0.3) is 0 Å². The summed E-state index contributed by atoms with van der Waals surface area (Å²) in [7, 11) is 0. The van der Waals surface area contributed by atoms with Gasteiger partial charge in [-0.3, -0.25) is 0 Å². The van der Waals surface area contributed by atoms with Gasteiger partial charge in [0.1, 0.15) is 17.1 Å². The van der Waals surface area contributed by atoms with Crippen LogP contribution in [-0.4, -0.2) is 76.8 Å². The third-order valence-electron chi connectivity index (χ3n) is 1.47. The van der Waals surface area contributed by atoms with E-state index in [1.807, 2.05) is 0 Å². The summed E-state index contributed by atoms with van der Waals surface area (Å²) < 4.78 is 0.798. The molecular formula is C32H83N3O9Rb8S9-6. The van der Waals surface area contributed by atoms with Crippen molar-refractivity contribution < 1.29 is 495 Å². The summed E-state index contributed by atoms with van der Waals surface area (Å²) in [6.07, 6.45) is 9.64. The van der Waals surface area contributed by atoms with Crippen molar-refractivity contribution in [2.24, 2.45) is 0 Å². The van der Waals surface area contributed by atoms with Gasteiger partial charge >= 0.3 is 465 Å². The number of aromatic nitrogens is 3. The summed E-state index contributed by atoms with van der Waals surface area (Å²) in [5, 5.41) is 26.8. The molecule has 0 spiro atoms. The first-order chi connectivity index (χ1) is 19.7. The van der Waals surface area contributed by atoms with E-state index in [2.05, 4.69) is 105 Å². The molecule has 0 atom stereocenters. The van der Waals surface area contributed by atoms with Crippen LogP contribution in [0, 0.1) is 6.92 Å². The molecule has 1 rings (SSSR count). The number of carbonyl (C=O) groups excluding carboxylic acids is 3. The summed E-state index contributed by atoms with van der Waals surface area (Å²) in [5.74, 6) is -1.84. The summed E-state index contributed by atoms with van der Waals surface area (Å²) in [6.45, 7) is 7.92. The van der Waals surface area contributed by atoms with E-state index in [1.54, 1.807) is 44.5 Å². The van der Waals surface area contributed by atoms with Crippen LogP contribution in [0.15, 0.2) is 14.4 Å². The monoisotopic (exact) mass is 1620 g/mol. The topological polar surface area (TPSA) is 205 Å². The predicted molar refractivity (Wildman–Crippen MR) is 263 cm³/mol. The van der Waals surface area contributed by atoms with Gasteiger partial charge in [-0.1, -0.05) is 81.7 Å². The number of hydrogen-bond donors (Lipinski definition) is 0. The van der Waals surface area contributed by atoms with Crippen LogP contribution in [0.3, 0.4) is 0 Å². The second-order valence-corrected chi connectivity index (χ2v) is 6.52. The molecule has 61 heavy (non-hydrogen) atoms. The van der Waals surface area contributed by atoms with Crippen LogP contribution in [0.1, 0.15) is 109 Å². The zero-order valence-electron chi connectivity index (χ0n) is 33.1. The molecule has 0 radical (unpaired) electrons. The molecule has 1 heterocycles. The number of rotatable bonds is 4. The SMILES string of the molecule is C.C.C.C.C.C.C.C.C.C.C.CC(=O)[O-].CC(=O)[O-].CC(=O)[O-].CSCn1c(=O)[n-]c(=O)[n-]c1=O.C[S-].C[S-].C[S-].C[S-].C[S-].[CH2-]C.[Rb+].[Rb+].[Rb+].[Rb+].[Rb+].[Rb+].[Rb+].[Rb+].[S-]CC([S-])C[S-]. The number of carbonyl (C=O) groups is 3. The summed E-state index contributed by atoms with van der Waals surface area (Å²) in [4.78, 5) is 64.8. The molecule has 29 heteroatoms. The fourth-order valence-electron chi connectivity index (χ4n) is 0.679. The Kier molecular flexibility index (Phi) is 646. The van der Waals surface area contributed by atoms with Gasteiger partial charge < -0.3 is 167 Å². The van der Waals surface area contributed by atoms with Crippen LogP contribution < -0.4 is 508 Å². The first-order valence-electron chi connectivity index (χ1n) is 10.1. The van der Waals surface area contributed by atoms with Crippen molar-refractivity contribution in [1.29, 1.82) is 0 Å².